The summed E-state index contributed by atoms with van der Waals surface area (Å²) in [7, 11) is 1.72. The fourth-order valence-corrected chi connectivity index (χ4v) is 2.16. The number of rotatable bonds is 6. The molecule has 1 heterocycles. The number of nitrogens with one attached hydrogen (secondary N) is 1. The first kappa shape index (κ1) is 13.5. The van der Waals surface area contributed by atoms with E-state index in [1.165, 1.54) is 0 Å². The Balaban J connectivity index is 2.68. The van der Waals surface area contributed by atoms with Crippen LogP contribution in [0.3, 0.4) is 0 Å². The summed E-state index contributed by atoms with van der Waals surface area (Å²) in [6.07, 6.45) is 4.07. The smallest absolute Gasteiger partial charge is 0.140 e. The van der Waals surface area contributed by atoms with Gasteiger partial charge >= 0.3 is 0 Å². The maximum atomic E-state index is 5.19. The van der Waals surface area contributed by atoms with Crippen LogP contribution in [0.4, 0.5) is 5.82 Å². The summed E-state index contributed by atoms with van der Waals surface area (Å²) < 4.78 is 6.19. The predicted octanol–water partition coefficient (Wildman–Crippen LogP) is 3.38. The van der Waals surface area contributed by atoms with Crippen LogP contribution in [-0.4, -0.2) is 24.7 Å². The number of anilines is 1. The second-order valence-corrected chi connectivity index (χ2v) is 4.78. The lowest BCUT2D eigenvalue weighted by atomic mass is 10.2. The van der Waals surface area contributed by atoms with E-state index >= 15 is 0 Å². The average molecular weight is 287 g/mol. The summed E-state index contributed by atoms with van der Waals surface area (Å²) in [5.41, 5.74) is 1.15. The van der Waals surface area contributed by atoms with Crippen LogP contribution in [0.15, 0.2) is 16.7 Å². The highest BCUT2D eigenvalue weighted by atomic mass is 79.9. The van der Waals surface area contributed by atoms with E-state index in [0.717, 1.165) is 28.7 Å². The molecule has 1 N–H and O–H groups in total. The molecule has 0 radical (unpaired) electrons. The van der Waals surface area contributed by atoms with Gasteiger partial charge in [-0.15, -0.1) is 0 Å². The van der Waals surface area contributed by atoms with Crippen LogP contribution in [0.25, 0.3) is 0 Å². The first-order chi connectivity index (χ1) is 7.67. The van der Waals surface area contributed by atoms with E-state index < -0.39 is 0 Å². The molecule has 1 rings (SSSR count). The molecule has 0 spiro atoms. The molecule has 0 amide bonds. The van der Waals surface area contributed by atoms with E-state index in [1.54, 1.807) is 7.11 Å². The highest BCUT2D eigenvalue weighted by Gasteiger charge is 2.10. The summed E-state index contributed by atoms with van der Waals surface area (Å²) in [6, 6.07) is 2.38. The molecule has 0 saturated heterocycles. The first-order valence-electron chi connectivity index (χ1n) is 5.55. The Bertz CT molecular complexity index is 325. The minimum atomic E-state index is 0.321. The van der Waals surface area contributed by atoms with Gasteiger partial charge < -0.3 is 10.1 Å². The molecule has 3 nitrogen and oxygen atoms in total. The maximum absolute atomic E-state index is 5.19. The Morgan fingerprint density at radius 3 is 2.88 bits per heavy atom. The fourth-order valence-electron chi connectivity index (χ4n) is 1.58. The lowest BCUT2D eigenvalue weighted by Crippen LogP contribution is -2.25. The van der Waals surface area contributed by atoms with Crippen LogP contribution in [0, 0.1) is 6.92 Å². The quantitative estimate of drug-likeness (QED) is 0.871. The molecule has 1 atom stereocenters. The van der Waals surface area contributed by atoms with Crippen LogP contribution >= 0.6 is 15.9 Å². The molecular formula is C12H19BrN2O. The van der Waals surface area contributed by atoms with Crippen molar-refractivity contribution in [1.29, 1.82) is 0 Å². The second-order valence-electron chi connectivity index (χ2n) is 3.93. The predicted molar refractivity (Wildman–Crippen MR) is 70.9 cm³/mol. The minimum absolute atomic E-state index is 0.321. The zero-order valence-corrected chi connectivity index (χ0v) is 11.7. The van der Waals surface area contributed by atoms with Gasteiger partial charge in [0.2, 0.25) is 0 Å². The lowest BCUT2D eigenvalue weighted by molar-refractivity contribution is 0.182. The molecule has 90 valence electrons. The number of halogens is 1. The van der Waals surface area contributed by atoms with Crippen LogP contribution in [0.5, 0.6) is 0 Å². The molecule has 1 aromatic heterocycles. The van der Waals surface area contributed by atoms with Gasteiger partial charge in [-0.3, -0.25) is 0 Å². The highest BCUT2D eigenvalue weighted by Crippen LogP contribution is 2.21. The standard InChI is InChI=1S/C12H19BrN2O/c1-4-5-10(8-16-3)15-12-11(13)6-9(2)7-14-12/h6-7,10H,4-5,8H2,1-3H3,(H,14,15). The molecular weight excluding hydrogens is 268 g/mol. The zero-order valence-electron chi connectivity index (χ0n) is 10.1. The van der Waals surface area contributed by atoms with Gasteiger partial charge in [0.25, 0.3) is 0 Å². The van der Waals surface area contributed by atoms with Crippen molar-refractivity contribution in [3.63, 3.8) is 0 Å². The van der Waals surface area contributed by atoms with Gasteiger partial charge in [-0.25, -0.2) is 4.98 Å². The molecule has 0 bridgehead atoms. The summed E-state index contributed by atoms with van der Waals surface area (Å²) in [6.45, 7) is 4.90. The summed E-state index contributed by atoms with van der Waals surface area (Å²) >= 11 is 3.51. The van der Waals surface area contributed by atoms with Crippen LogP contribution in [0.1, 0.15) is 25.3 Å². The van der Waals surface area contributed by atoms with E-state index in [4.69, 9.17) is 4.74 Å². The van der Waals surface area contributed by atoms with E-state index in [1.807, 2.05) is 13.1 Å². The number of aromatic nitrogens is 1. The summed E-state index contributed by atoms with van der Waals surface area (Å²) in [5.74, 6) is 0.890. The molecule has 0 aromatic carbocycles. The van der Waals surface area contributed by atoms with Gasteiger partial charge in [-0.1, -0.05) is 13.3 Å². The number of hydrogen-bond donors (Lipinski definition) is 1. The van der Waals surface area contributed by atoms with Crippen molar-refractivity contribution in [1.82, 2.24) is 4.98 Å². The van der Waals surface area contributed by atoms with Crippen LogP contribution < -0.4 is 5.32 Å². The molecule has 0 aliphatic carbocycles. The molecule has 4 heteroatoms. The number of nitrogens with zero attached hydrogens (tertiary/aromatic N) is 1. The van der Waals surface area contributed by atoms with Crippen molar-refractivity contribution >= 4 is 21.7 Å². The van der Waals surface area contributed by atoms with Crippen molar-refractivity contribution < 1.29 is 4.74 Å². The van der Waals surface area contributed by atoms with Crippen molar-refractivity contribution in [3.05, 3.63) is 22.3 Å². The number of ether oxygens (including phenoxy) is 1. The Morgan fingerprint density at radius 2 is 2.31 bits per heavy atom. The van der Waals surface area contributed by atoms with Gasteiger partial charge in [0, 0.05) is 13.3 Å². The number of pyridine rings is 1. The molecule has 1 aromatic rings. The fraction of sp³-hybridized carbons (Fsp3) is 0.583. The second kappa shape index (κ2) is 6.86. The normalized spacial score (nSPS) is 12.5. The SMILES string of the molecule is CCCC(COC)Nc1ncc(C)cc1Br. The largest absolute Gasteiger partial charge is 0.383 e. The third-order valence-electron chi connectivity index (χ3n) is 2.32. The van der Waals surface area contributed by atoms with Crippen LogP contribution in [0.2, 0.25) is 0 Å². The third-order valence-corrected chi connectivity index (χ3v) is 2.93. The van der Waals surface area contributed by atoms with Crippen molar-refractivity contribution in [2.24, 2.45) is 0 Å². The van der Waals surface area contributed by atoms with E-state index in [9.17, 15) is 0 Å². The first-order valence-corrected chi connectivity index (χ1v) is 6.34. The number of hydrogen-bond acceptors (Lipinski definition) is 3. The van der Waals surface area contributed by atoms with Crippen LogP contribution in [-0.2, 0) is 4.74 Å². The number of methoxy groups -OCH3 is 1. The van der Waals surface area contributed by atoms with E-state index in [0.29, 0.717) is 12.6 Å². The highest BCUT2D eigenvalue weighted by molar-refractivity contribution is 9.10. The Morgan fingerprint density at radius 1 is 1.56 bits per heavy atom. The van der Waals surface area contributed by atoms with Crippen molar-refractivity contribution in [2.45, 2.75) is 32.7 Å². The molecule has 0 aliphatic heterocycles. The molecule has 0 aliphatic rings. The molecule has 0 saturated carbocycles. The van der Waals surface area contributed by atoms with Gasteiger partial charge in [-0.05, 0) is 40.9 Å². The van der Waals surface area contributed by atoms with Crippen molar-refractivity contribution in [3.8, 4) is 0 Å². The molecule has 16 heavy (non-hydrogen) atoms. The Labute approximate surface area is 106 Å². The summed E-state index contributed by atoms with van der Waals surface area (Å²) in [5, 5.41) is 3.39. The average Bonchev–Trinajstić information content (AvgIpc) is 2.23. The molecule has 0 fully saturated rings. The Kier molecular flexibility index (Phi) is 5.77. The van der Waals surface area contributed by atoms with Gasteiger partial charge in [-0.2, -0.15) is 0 Å². The summed E-state index contributed by atoms with van der Waals surface area (Å²) in [4.78, 5) is 4.37. The zero-order chi connectivity index (χ0) is 12.0. The van der Waals surface area contributed by atoms with Crippen molar-refractivity contribution in [2.75, 3.05) is 19.0 Å². The monoisotopic (exact) mass is 286 g/mol. The van der Waals surface area contributed by atoms with E-state index in [-0.39, 0.29) is 0 Å². The molecule has 1 unspecified atom stereocenters. The van der Waals surface area contributed by atoms with Gasteiger partial charge in [0.15, 0.2) is 0 Å². The number of aryl methyl sites for hydroxylation is 1. The van der Waals surface area contributed by atoms with Gasteiger partial charge in [0.1, 0.15) is 5.82 Å². The topological polar surface area (TPSA) is 34.1 Å². The maximum Gasteiger partial charge on any atom is 0.140 e. The lowest BCUT2D eigenvalue weighted by Gasteiger charge is -2.18. The minimum Gasteiger partial charge on any atom is -0.383 e. The van der Waals surface area contributed by atoms with E-state index in [2.05, 4.69) is 39.2 Å². The van der Waals surface area contributed by atoms with Gasteiger partial charge in [0.05, 0.1) is 17.1 Å². The Hall–Kier alpha value is -0.610. The third kappa shape index (κ3) is 4.10.